The second-order valence-electron chi connectivity index (χ2n) is 5.46. The van der Waals surface area contributed by atoms with Crippen LogP contribution in [-0.4, -0.2) is 18.2 Å². The molecule has 2 heteroatoms. The van der Waals surface area contributed by atoms with Gasteiger partial charge in [0.05, 0.1) is 0 Å². The molecule has 1 aliphatic rings. The molecule has 0 aromatic heterocycles. The van der Waals surface area contributed by atoms with Gasteiger partial charge in [-0.1, -0.05) is 26.0 Å². The Morgan fingerprint density at radius 3 is 2.88 bits per heavy atom. The molecule has 0 radical (unpaired) electrons. The van der Waals surface area contributed by atoms with Crippen molar-refractivity contribution in [1.29, 1.82) is 0 Å². The Morgan fingerprint density at radius 2 is 2.24 bits per heavy atom. The van der Waals surface area contributed by atoms with Crippen LogP contribution in [0.5, 0.6) is 5.75 Å². The Bertz CT molecular complexity index is 367. The van der Waals surface area contributed by atoms with Gasteiger partial charge in [-0.3, -0.25) is 0 Å². The van der Waals surface area contributed by atoms with E-state index in [1.165, 1.54) is 18.4 Å². The van der Waals surface area contributed by atoms with Crippen molar-refractivity contribution in [2.45, 2.75) is 39.0 Å². The number of phenols is 1. The molecule has 1 aromatic rings. The molecule has 2 N–H and O–H groups in total. The van der Waals surface area contributed by atoms with Crippen molar-refractivity contribution < 1.29 is 5.11 Å². The minimum absolute atomic E-state index is 0.458. The van der Waals surface area contributed by atoms with E-state index in [0.717, 1.165) is 25.1 Å². The van der Waals surface area contributed by atoms with Gasteiger partial charge in [0, 0.05) is 0 Å². The van der Waals surface area contributed by atoms with E-state index in [0.29, 0.717) is 17.6 Å². The number of rotatable bonds is 3. The van der Waals surface area contributed by atoms with Gasteiger partial charge in [-0.05, 0) is 61.4 Å². The highest BCUT2D eigenvalue weighted by atomic mass is 16.3. The molecule has 2 nitrogen and oxygen atoms in total. The third-order valence-corrected chi connectivity index (χ3v) is 3.68. The smallest absolute Gasteiger partial charge is 0.118 e. The lowest BCUT2D eigenvalue weighted by Crippen LogP contribution is -2.30. The first-order valence-electron chi connectivity index (χ1n) is 6.69. The lowest BCUT2D eigenvalue weighted by atomic mass is 9.90. The van der Waals surface area contributed by atoms with Crippen LogP contribution in [0.25, 0.3) is 0 Å². The van der Waals surface area contributed by atoms with E-state index in [2.05, 4.69) is 25.2 Å². The monoisotopic (exact) mass is 233 g/mol. The van der Waals surface area contributed by atoms with E-state index in [-0.39, 0.29) is 0 Å². The van der Waals surface area contributed by atoms with Gasteiger partial charge in [0.15, 0.2) is 0 Å². The summed E-state index contributed by atoms with van der Waals surface area (Å²) in [6.07, 6.45) is 3.53. The van der Waals surface area contributed by atoms with Gasteiger partial charge >= 0.3 is 0 Å². The van der Waals surface area contributed by atoms with Gasteiger partial charge in [0.2, 0.25) is 0 Å². The van der Waals surface area contributed by atoms with Crippen molar-refractivity contribution in [3.05, 3.63) is 29.3 Å². The normalized spacial score (nSPS) is 20.8. The molecule has 1 aliphatic heterocycles. The van der Waals surface area contributed by atoms with Gasteiger partial charge in [-0.2, -0.15) is 0 Å². The van der Waals surface area contributed by atoms with Gasteiger partial charge in [0.25, 0.3) is 0 Å². The molecule has 1 fully saturated rings. The molecule has 2 rings (SSSR count). The summed E-state index contributed by atoms with van der Waals surface area (Å²) in [7, 11) is 0. The average molecular weight is 233 g/mol. The lowest BCUT2D eigenvalue weighted by Gasteiger charge is -2.23. The van der Waals surface area contributed by atoms with E-state index in [4.69, 9.17) is 0 Å². The quantitative estimate of drug-likeness (QED) is 0.841. The summed E-state index contributed by atoms with van der Waals surface area (Å²) in [5.74, 6) is 1.66. The summed E-state index contributed by atoms with van der Waals surface area (Å²) >= 11 is 0. The summed E-state index contributed by atoms with van der Waals surface area (Å²) in [5, 5.41) is 13.4. The van der Waals surface area contributed by atoms with Gasteiger partial charge in [-0.15, -0.1) is 0 Å². The second-order valence-corrected chi connectivity index (χ2v) is 5.46. The Labute approximate surface area is 104 Å². The van der Waals surface area contributed by atoms with E-state index >= 15 is 0 Å². The molecule has 1 heterocycles. The minimum Gasteiger partial charge on any atom is -0.508 e. The Hall–Kier alpha value is -1.02. The molecule has 1 aromatic carbocycles. The maximum atomic E-state index is 9.93. The topological polar surface area (TPSA) is 32.3 Å². The van der Waals surface area contributed by atoms with Crippen molar-refractivity contribution in [1.82, 2.24) is 5.32 Å². The number of hydrogen-bond donors (Lipinski definition) is 2. The van der Waals surface area contributed by atoms with Crippen LogP contribution >= 0.6 is 0 Å². The largest absolute Gasteiger partial charge is 0.508 e. The maximum Gasteiger partial charge on any atom is 0.118 e. The van der Waals surface area contributed by atoms with Crippen molar-refractivity contribution in [2.75, 3.05) is 13.1 Å². The maximum absolute atomic E-state index is 9.93. The predicted octanol–water partition coefficient (Wildman–Crippen LogP) is 3.06. The standard InChI is InChI=1S/C15H23NO/c1-11(2)13-5-6-15(17)14(9-13)8-12-4-3-7-16-10-12/h5-6,9,11-12,16-17H,3-4,7-8,10H2,1-2H3. The molecular weight excluding hydrogens is 210 g/mol. The Morgan fingerprint density at radius 1 is 1.41 bits per heavy atom. The molecule has 17 heavy (non-hydrogen) atoms. The summed E-state index contributed by atoms with van der Waals surface area (Å²) in [6.45, 7) is 6.62. The molecule has 0 amide bonds. The number of phenolic OH excluding ortho intramolecular Hbond substituents is 1. The summed E-state index contributed by atoms with van der Waals surface area (Å²) in [4.78, 5) is 0. The van der Waals surface area contributed by atoms with Crippen molar-refractivity contribution >= 4 is 0 Å². The second kappa shape index (κ2) is 5.54. The molecule has 1 unspecified atom stereocenters. The zero-order chi connectivity index (χ0) is 12.3. The summed E-state index contributed by atoms with van der Waals surface area (Å²) in [6, 6.07) is 6.05. The van der Waals surface area contributed by atoms with Crippen LogP contribution in [0.1, 0.15) is 43.7 Å². The fraction of sp³-hybridized carbons (Fsp3) is 0.600. The van der Waals surface area contributed by atoms with Crippen LogP contribution in [0.2, 0.25) is 0 Å². The predicted molar refractivity (Wildman–Crippen MR) is 71.5 cm³/mol. The van der Waals surface area contributed by atoms with Crippen LogP contribution in [0.15, 0.2) is 18.2 Å². The van der Waals surface area contributed by atoms with Crippen molar-refractivity contribution in [2.24, 2.45) is 5.92 Å². The van der Waals surface area contributed by atoms with Gasteiger partial charge < -0.3 is 10.4 Å². The number of benzene rings is 1. The van der Waals surface area contributed by atoms with Gasteiger partial charge in [0.1, 0.15) is 5.75 Å². The third kappa shape index (κ3) is 3.22. The number of nitrogens with one attached hydrogen (secondary N) is 1. The molecule has 0 aliphatic carbocycles. The van der Waals surface area contributed by atoms with Crippen LogP contribution in [0.3, 0.4) is 0 Å². The van der Waals surface area contributed by atoms with E-state index in [1.807, 2.05) is 12.1 Å². The molecule has 0 bridgehead atoms. The first kappa shape index (κ1) is 12.4. The lowest BCUT2D eigenvalue weighted by molar-refractivity contribution is 0.369. The van der Waals surface area contributed by atoms with Crippen LogP contribution in [0, 0.1) is 5.92 Å². The molecule has 94 valence electrons. The van der Waals surface area contributed by atoms with Crippen LogP contribution in [-0.2, 0) is 6.42 Å². The third-order valence-electron chi connectivity index (χ3n) is 3.68. The van der Waals surface area contributed by atoms with Crippen LogP contribution < -0.4 is 5.32 Å². The minimum atomic E-state index is 0.458. The number of hydrogen-bond acceptors (Lipinski definition) is 2. The number of piperidine rings is 1. The highest BCUT2D eigenvalue weighted by Gasteiger charge is 2.15. The highest BCUT2D eigenvalue weighted by molar-refractivity contribution is 5.37. The number of aromatic hydroxyl groups is 1. The van der Waals surface area contributed by atoms with Crippen LogP contribution in [0.4, 0.5) is 0 Å². The van der Waals surface area contributed by atoms with Crippen molar-refractivity contribution in [3.8, 4) is 5.75 Å². The molecule has 1 atom stereocenters. The molecule has 0 spiro atoms. The van der Waals surface area contributed by atoms with E-state index < -0.39 is 0 Å². The first-order chi connectivity index (χ1) is 8.16. The molecular formula is C15H23NO. The van der Waals surface area contributed by atoms with E-state index in [9.17, 15) is 5.11 Å². The Kier molecular flexibility index (Phi) is 4.06. The fourth-order valence-corrected chi connectivity index (χ4v) is 2.54. The van der Waals surface area contributed by atoms with Crippen molar-refractivity contribution in [3.63, 3.8) is 0 Å². The van der Waals surface area contributed by atoms with E-state index in [1.54, 1.807) is 0 Å². The molecule has 1 saturated heterocycles. The first-order valence-corrected chi connectivity index (χ1v) is 6.69. The zero-order valence-corrected chi connectivity index (χ0v) is 10.9. The van der Waals surface area contributed by atoms with Gasteiger partial charge in [-0.25, -0.2) is 0 Å². The summed E-state index contributed by atoms with van der Waals surface area (Å²) in [5.41, 5.74) is 2.44. The SMILES string of the molecule is CC(C)c1ccc(O)c(CC2CCCNC2)c1. The fourth-order valence-electron chi connectivity index (χ4n) is 2.54. The summed E-state index contributed by atoms with van der Waals surface area (Å²) < 4.78 is 0. The molecule has 0 saturated carbocycles. The highest BCUT2D eigenvalue weighted by Crippen LogP contribution is 2.27. The average Bonchev–Trinajstić information content (AvgIpc) is 2.33. The Balaban J connectivity index is 2.10. The zero-order valence-electron chi connectivity index (χ0n) is 10.9.